The number of ether oxygens (including phenoxy) is 2. The SMILES string of the molecule is COC(=O)/C=C/c1c(C(=O)OC)[nH]c(CCN)c1-c1ccc(CO)c(CO)c1CO. The maximum absolute atomic E-state index is 12.4. The summed E-state index contributed by atoms with van der Waals surface area (Å²) in [6.45, 7) is -0.855. The van der Waals surface area contributed by atoms with Crippen LogP contribution in [0.4, 0.5) is 0 Å². The molecule has 9 heteroatoms. The fourth-order valence-corrected chi connectivity index (χ4v) is 3.36. The van der Waals surface area contributed by atoms with Gasteiger partial charge in [-0.15, -0.1) is 0 Å². The van der Waals surface area contributed by atoms with Crippen molar-refractivity contribution in [2.75, 3.05) is 20.8 Å². The number of benzene rings is 1. The standard InChI is InChI=1S/C21H26N2O7/c1-29-18(27)6-5-14-19(17(7-8-22)23-20(14)21(28)30-2)13-4-3-12(9-24)15(10-25)16(13)11-26/h3-6,23-26H,7-11,22H2,1-2H3/b6-5+. The van der Waals surface area contributed by atoms with E-state index in [-0.39, 0.29) is 18.8 Å². The molecule has 0 bridgehead atoms. The number of aromatic amines is 1. The van der Waals surface area contributed by atoms with E-state index in [1.54, 1.807) is 12.1 Å². The molecule has 0 amide bonds. The topological polar surface area (TPSA) is 155 Å². The molecule has 9 nitrogen and oxygen atoms in total. The van der Waals surface area contributed by atoms with Crippen LogP contribution >= 0.6 is 0 Å². The highest BCUT2D eigenvalue weighted by atomic mass is 16.5. The zero-order valence-electron chi connectivity index (χ0n) is 16.9. The van der Waals surface area contributed by atoms with Crippen LogP contribution in [0.5, 0.6) is 0 Å². The van der Waals surface area contributed by atoms with E-state index in [0.29, 0.717) is 45.5 Å². The molecule has 1 heterocycles. The molecular formula is C21H26N2O7. The van der Waals surface area contributed by atoms with Crippen molar-refractivity contribution < 1.29 is 34.4 Å². The summed E-state index contributed by atoms with van der Waals surface area (Å²) in [5.74, 6) is -1.27. The number of nitrogens with two attached hydrogens (primary N) is 1. The second-order valence-electron chi connectivity index (χ2n) is 6.36. The molecule has 1 aromatic heterocycles. The van der Waals surface area contributed by atoms with Gasteiger partial charge in [-0.05, 0) is 34.9 Å². The maximum atomic E-state index is 12.4. The lowest BCUT2D eigenvalue weighted by molar-refractivity contribution is -0.134. The lowest BCUT2D eigenvalue weighted by atomic mass is 9.89. The molecule has 0 spiro atoms. The summed E-state index contributed by atoms with van der Waals surface area (Å²) in [6, 6.07) is 3.31. The van der Waals surface area contributed by atoms with Gasteiger partial charge in [0.1, 0.15) is 5.69 Å². The van der Waals surface area contributed by atoms with Crippen molar-refractivity contribution in [2.45, 2.75) is 26.2 Å². The van der Waals surface area contributed by atoms with Crippen molar-refractivity contribution in [3.63, 3.8) is 0 Å². The average Bonchev–Trinajstić information content (AvgIpc) is 3.13. The number of hydrogen-bond donors (Lipinski definition) is 5. The molecular weight excluding hydrogens is 392 g/mol. The Morgan fingerprint density at radius 3 is 2.30 bits per heavy atom. The van der Waals surface area contributed by atoms with Gasteiger partial charge in [0.25, 0.3) is 0 Å². The third-order valence-electron chi connectivity index (χ3n) is 4.77. The molecule has 0 saturated carbocycles. The first-order chi connectivity index (χ1) is 14.5. The van der Waals surface area contributed by atoms with Gasteiger partial charge in [-0.25, -0.2) is 9.59 Å². The number of aromatic nitrogens is 1. The Kier molecular flexibility index (Phi) is 8.31. The summed E-state index contributed by atoms with van der Waals surface area (Å²) in [5.41, 5.74) is 9.11. The van der Waals surface area contributed by atoms with E-state index in [2.05, 4.69) is 9.72 Å². The number of carbonyl (C=O) groups excluding carboxylic acids is 2. The largest absolute Gasteiger partial charge is 0.466 e. The molecule has 30 heavy (non-hydrogen) atoms. The molecule has 6 N–H and O–H groups in total. The van der Waals surface area contributed by atoms with Crippen LogP contribution in [0, 0.1) is 0 Å². The molecule has 2 rings (SSSR count). The number of esters is 2. The van der Waals surface area contributed by atoms with E-state index < -0.39 is 25.2 Å². The monoisotopic (exact) mass is 418 g/mol. The summed E-state index contributed by atoms with van der Waals surface area (Å²) in [4.78, 5) is 27.0. The first kappa shape index (κ1) is 23.3. The number of nitrogens with one attached hydrogen (secondary N) is 1. The van der Waals surface area contributed by atoms with Crippen LogP contribution in [-0.2, 0) is 40.5 Å². The fraction of sp³-hybridized carbons (Fsp3) is 0.333. The molecule has 2 aromatic rings. The van der Waals surface area contributed by atoms with Gasteiger partial charge >= 0.3 is 11.9 Å². The van der Waals surface area contributed by atoms with E-state index in [9.17, 15) is 24.9 Å². The minimum absolute atomic E-state index is 0.108. The number of aliphatic hydroxyl groups is 3. The van der Waals surface area contributed by atoms with Crippen LogP contribution in [-0.4, -0.2) is 53.0 Å². The highest BCUT2D eigenvalue weighted by molar-refractivity contribution is 5.99. The number of methoxy groups -OCH3 is 2. The van der Waals surface area contributed by atoms with Gasteiger partial charge in [0.2, 0.25) is 0 Å². The van der Waals surface area contributed by atoms with Gasteiger partial charge in [-0.3, -0.25) is 0 Å². The molecule has 0 unspecified atom stereocenters. The summed E-state index contributed by atoms with van der Waals surface area (Å²) >= 11 is 0. The lowest BCUT2D eigenvalue weighted by Crippen LogP contribution is -2.07. The van der Waals surface area contributed by atoms with Crippen molar-refractivity contribution in [1.82, 2.24) is 4.98 Å². The van der Waals surface area contributed by atoms with Crippen LogP contribution in [0.1, 0.15) is 38.4 Å². The molecule has 0 aliphatic heterocycles. The Bertz CT molecular complexity index is 947. The minimum atomic E-state index is -0.649. The predicted octanol–water partition coefficient (Wildman–Crippen LogP) is 0.633. The Labute approximate surface area is 173 Å². The van der Waals surface area contributed by atoms with Crippen molar-refractivity contribution in [3.05, 3.63) is 51.9 Å². The number of H-pyrrole nitrogens is 1. The van der Waals surface area contributed by atoms with Crippen LogP contribution in [0.15, 0.2) is 18.2 Å². The van der Waals surface area contributed by atoms with Crippen LogP contribution in [0.25, 0.3) is 17.2 Å². The Balaban J connectivity index is 2.89. The summed E-state index contributed by atoms with van der Waals surface area (Å²) in [7, 11) is 2.47. The van der Waals surface area contributed by atoms with Crippen LogP contribution < -0.4 is 5.73 Å². The molecule has 0 atom stereocenters. The minimum Gasteiger partial charge on any atom is -0.466 e. The van der Waals surface area contributed by atoms with Crippen molar-refractivity contribution in [3.8, 4) is 11.1 Å². The Hall–Kier alpha value is -2.98. The van der Waals surface area contributed by atoms with Gasteiger partial charge in [0, 0.05) is 29.3 Å². The summed E-state index contributed by atoms with van der Waals surface area (Å²) in [5, 5.41) is 29.4. The average molecular weight is 418 g/mol. The van der Waals surface area contributed by atoms with Gasteiger partial charge in [-0.1, -0.05) is 12.1 Å². The fourth-order valence-electron chi connectivity index (χ4n) is 3.36. The van der Waals surface area contributed by atoms with Crippen molar-refractivity contribution >= 4 is 18.0 Å². The number of aliphatic hydroxyl groups excluding tert-OH is 3. The van der Waals surface area contributed by atoms with E-state index in [4.69, 9.17) is 10.5 Å². The Morgan fingerprint density at radius 1 is 1.07 bits per heavy atom. The smallest absolute Gasteiger partial charge is 0.355 e. The second-order valence-corrected chi connectivity index (χ2v) is 6.36. The van der Waals surface area contributed by atoms with Crippen molar-refractivity contribution in [2.24, 2.45) is 5.73 Å². The predicted molar refractivity (Wildman–Crippen MR) is 109 cm³/mol. The molecule has 162 valence electrons. The number of carbonyl (C=O) groups is 2. The third kappa shape index (κ3) is 4.60. The normalized spacial score (nSPS) is 11.1. The first-order valence-corrected chi connectivity index (χ1v) is 9.23. The number of rotatable bonds is 9. The lowest BCUT2D eigenvalue weighted by Gasteiger charge is -2.17. The van der Waals surface area contributed by atoms with Gasteiger partial charge in [-0.2, -0.15) is 0 Å². The van der Waals surface area contributed by atoms with Gasteiger partial charge in [0.05, 0.1) is 34.0 Å². The van der Waals surface area contributed by atoms with Gasteiger partial charge in [0.15, 0.2) is 0 Å². The number of hydrogen-bond acceptors (Lipinski definition) is 8. The second kappa shape index (κ2) is 10.7. The quantitative estimate of drug-likeness (QED) is 0.293. The third-order valence-corrected chi connectivity index (χ3v) is 4.77. The molecule has 0 fully saturated rings. The molecule has 0 saturated heterocycles. The zero-order chi connectivity index (χ0) is 22.3. The van der Waals surface area contributed by atoms with E-state index in [0.717, 1.165) is 0 Å². The van der Waals surface area contributed by atoms with E-state index in [1.165, 1.54) is 26.4 Å². The van der Waals surface area contributed by atoms with Gasteiger partial charge < -0.3 is 35.5 Å². The first-order valence-electron chi connectivity index (χ1n) is 9.23. The van der Waals surface area contributed by atoms with Crippen LogP contribution in [0.3, 0.4) is 0 Å². The highest BCUT2D eigenvalue weighted by Gasteiger charge is 2.25. The van der Waals surface area contributed by atoms with E-state index in [1.807, 2.05) is 0 Å². The van der Waals surface area contributed by atoms with E-state index >= 15 is 0 Å². The molecule has 1 aromatic carbocycles. The maximum Gasteiger partial charge on any atom is 0.355 e. The molecule has 0 radical (unpaired) electrons. The Morgan fingerprint density at radius 2 is 1.77 bits per heavy atom. The molecule has 0 aliphatic rings. The highest BCUT2D eigenvalue weighted by Crippen LogP contribution is 2.37. The molecule has 0 aliphatic carbocycles. The summed E-state index contributed by atoms with van der Waals surface area (Å²) in [6.07, 6.45) is 2.95. The van der Waals surface area contributed by atoms with Crippen molar-refractivity contribution in [1.29, 1.82) is 0 Å². The summed E-state index contributed by atoms with van der Waals surface area (Å²) < 4.78 is 9.49. The zero-order valence-corrected chi connectivity index (χ0v) is 16.9. The van der Waals surface area contributed by atoms with Crippen LogP contribution in [0.2, 0.25) is 0 Å².